The molecule has 10 heteroatoms. The van der Waals surface area contributed by atoms with Gasteiger partial charge in [0.25, 0.3) is 0 Å². The van der Waals surface area contributed by atoms with E-state index < -0.39 is 10.0 Å². The summed E-state index contributed by atoms with van der Waals surface area (Å²) in [4.78, 5) is 4.72. The van der Waals surface area contributed by atoms with E-state index >= 15 is 0 Å². The third kappa shape index (κ3) is 4.06. The lowest BCUT2D eigenvalue weighted by Gasteiger charge is -2.12. The Kier molecular flexibility index (Phi) is 5.54. The Morgan fingerprint density at radius 3 is 2.50 bits per heavy atom. The summed E-state index contributed by atoms with van der Waals surface area (Å²) in [5.41, 5.74) is 3.29. The van der Waals surface area contributed by atoms with E-state index in [4.69, 9.17) is 13.0 Å². The van der Waals surface area contributed by atoms with Crippen LogP contribution in [0.5, 0.6) is 0 Å². The molecule has 0 aliphatic heterocycles. The maximum atomic E-state index is 12.2. The summed E-state index contributed by atoms with van der Waals surface area (Å²) in [6, 6.07) is 17.8. The molecule has 4 rings (SSSR count). The van der Waals surface area contributed by atoms with E-state index in [2.05, 4.69) is 20.1 Å². The fourth-order valence-electron chi connectivity index (χ4n) is 2.95. The van der Waals surface area contributed by atoms with Crippen molar-refractivity contribution in [2.75, 3.05) is 18.5 Å². The van der Waals surface area contributed by atoms with Gasteiger partial charge in [-0.3, -0.25) is 0 Å². The van der Waals surface area contributed by atoms with Gasteiger partial charge in [0.05, 0.1) is 17.2 Å². The lowest BCUT2D eigenvalue weighted by atomic mass is 10.0. The zero-order valence-corrected chi connectivity index (χ0v) is 16.7. The fourth-order valence-corrected chi connectivity index (χ4v) is 3.98. The largest absolute Gasteiger partial charge is 0.395 e. The minimum atomic E-state index is -3.67. The first-order valence-electron chi connectivity index (χ1n) is 9.15. The number of fused-ring (bicyclic) bond motifs is 1. The molecule has 0 aliphatic rings. The number of hydrogen-bond acceptors (Lipinski definition) is 6. The summed E-state index contributed by atoms with van der Waals surface area (Å²) >= 11 is 0. The summed E-state index contributed by atoms with van der Waals surface area (Å²) in [6.45, 7) is -0.312. The second kappa shape index (κ2) is 8.27. The van der Waals surface area contributed by atoms with Crippen LogP contribution in [0.1, 0.15) is 0 Å². The average molecular weight is 419 g/mol. The van der Waals surface area contributed by atoms with Crippen molar-refractivity contribution in [3.8, 4) is 11.3 Å². The molecule has 0 amide bonds. The van der Waals surface area contributed by atoms with Crippen LogP contribution < -0.4 is 15.5 Å². The highest BCUT2D eigenvalue weighted by Crippen LogP contribution is 2.24. The molecular formula is C20H18BN5O3S. The Labute approximate surface area is 175 Å². The van der Waals surface area contributed by atoms with Gasteiger partial charge in [0, 0.05) is 30.1 Å². The van der Waals surface area contributed by atoms with Crippen LogP contribution in [0.2, 0.25) is 0 Å². The lowest BCUT2D eigenvalue weighted by molar-refractivity contribution is 0.301. The van der Waals surface area contributed by atoms with Gasteiger partial charge in [0.1, 0.15) is 13.7 Å². The molecule has 0 unspecified atom stereocenters. The average Bonchev–Trinajstić information content (AvgIpc) is 3.14. The maximum Gasteiger partial charge on any atom is 0.240 e. The number of aliphatic hydroxyl groups excluding tert-OH is 1. The molecule has 0 fully saturated rings. The van der Waals surface area contributed by atoms with Crippen molar-refractivity contribution in [3.63, 3.8) is 0 Å². The monoisotopic (exact) mass is 419 g/mol. The highest BCUT2D eigenvalue weighted by Gasteiger charge is 2.14. The Hall–Kier alpha value is -3.21. The van der Waals surface area contributed by atoms with Gasteiger partial charge in [-0.1, -0.05) is 30.3 Å². The van der Waals surface area contributed by atoms with Crippen LogP contribution in [-0.2, 0) is 10.0 Å². The number of hydrogen-bond donors (Lipinski definition) is 3. The van der Waals surface area contributed by atoms with Crippen molar-refractivity contribution < 1.29 is 13.5 Å². The quantitative estimate of drug-likeness (QED) is 0.389. The number of rotatable bonds is 7. The van der Waals surface area contributed by atoms with Crippen LogP contribution in [0, 0.1) is 0 Å². The van der Waals surface area contributed by atoms with Crippen molar-refractivity contribution in [2.24, 2.45) is 0 Å². The molecule has 2 aromatic heterocycles. The molecule has 0 saturated heterocycles. The van der Waals surface area contributed by atoms with E-state index in [1.807, 2.05) is 36.4 Å². The number of benzene rings is 2. The van der Waals surface area contributed by atoms with Gasteiger partial charge in [-0.05, 0) is 29.7 Å². The van der Waals surface area contributed by atoms with Gasteiger partial charge in [-0.2, -0.15) is 9.61 Å². The molecule has 0 saturated carbocycles. The summed E-state index contributed by atoms with van der Waals surface area (Å²) in [7, 11) is 2.36. The fraction of sp³-hybridized carbons (Fsp3) is 0.100. The van der Waals surface area contributed by atoms with Gasteiger partial charge in [-0.25, -0.2) is 18.1 Å². The molecule has 30 heavy (non-hydrogen) atoms. The van der Waals surface area contributed by atoms with Crippen LogP contribution in [-0.4, -0.2) is 49.1 Å². The van der Waals surface area contributed by atoms with Gasteiger partial charge in [-0.15, -0.1) is 0 Å². The zero-order chi connectivity index (χ0) is 21.1. The molecule has 0 bridgehead atoms. The second-order valence-corrected chi connectivity index (χ2v) is 8.27. The van der Waals surface area contributed by atoms with Crippen LogP contribution in [0.25, 0.3) is 16.9 Å². The lowest BCUT2D eigenvalue weighted by Crippen LogP contribution is -2.26. The van der Waals surface area contributed by atoms with Gasteiger partial charge >= 0.3 is 0 Å². The summed E-state index contributed by atoms with van der Waals surface area (Å²) in [5.74, 6) is 0.629. The molecule has 3 N–H and O–H groups in total. The number of nitrogens with one attached hydrogen (secondary N) is 2. The van der Waals surface area contributed by atoms with E-state index in [1.54, 1.807) is 16.6 Å². The molecule has 150 valence electrons. The number of nitrogens with zero attached hydrogens (tertiary/aromatic N) is 3. The van der Waals surface area contributed by atoms with E-state index in [-0.39, 0.29) is 18.0 Å². The number of sulfonamides is 1. The first-order chi connectivity index (χ1) is 14.5. The smallest absolute Gasteiger partial charge is 0.240 e. The number of aromatic nitrogens is 3. The molecule has 0 spiro atoms. The molecular weight excluding hydrogens is 401 g/mol. The zero-order valence-electron chi connectivity index (χ0n) is 15.9. The third-order valence-electron chi connectivity index (χ3n) is 4.41. The first-order valence-corrected chi connectivity index (χ1v) is 10.6. The molecule has 4 aromatic rings. The number of aliphatic hydroxyl groups is 1. The Bertz CT molecular complexity index is 1280. The van der Waals surface area contributed by atoms with Crippen LogP contribution in [0.15, 0.2) is 71.8 Å². The Balaban J connectivity index is 1.68. The van der Waals surface area contributed by atoms with Crippen molar-refractivity contribution >= 4 is 40.5 Å². The Morgan fingerprint density at radius 1 is 1.07 bits per heavy atom. The standard InChI is InChI=1S/C20H18BN5O3S/c21-17-13-22-26-19(12-18(25-20(17)26)14-4-2-1-3-5-14)24-15-6-8-16(9-7-15)30(28,29)23-10-11-27/h1-9,12-13,23-24,27H,10-11H2. The maximum absolute atomic E-state index is 12.2. The highest BCUT2D eigenvalue weighted by atomic mass is 32.2. The first kappa shape index (κ1) is 20.1. The second-order valence-electron chi connectivity index (χ2n) is 6.50. The van der Waals surface area contributed by atoms with Crippen molar-refractivity contribution in [2.45, 2.75) is 4.90 Å². The van der Waals surface area contributed by atoms with E-state index in [0.717, 1.165) is 11.3 Å². The highest BCUT2D eigenvalue weighted by molar-refractivity contribution is 7.89. The molecule has 2 heterocycles. The van der Waals surface area contributed by atoms with E-state index in [9.17, 15) is 8.42 Å². The van der Waals surface area contributed by atoms with Crippen LogP contribution in [0.4, 0.5) is 11.5 Å². The minimum Gasteiger partial charge on any atom is -0.395 e. The normalized spacial score (nSPS) is 11.6. The predicted octanol–water partition coefficient (Wildman–Crippen LogP) is 1.20. The SMILES string of the molecule is [B]c1cnn2c(Nc3ccc(S(=O)(=O)NCCO)cc3)cc(-c3ccccc3)nc12. The topological polar surface area (TPSA) is 109 Å². The van der Waals surface area contributed by atoms with Gasteiger partial charge in [0.15, 0.2) is 5.65 Å². The molecule has 8 nitrogen and oxygen atoms in total. The van der Waals surface area contributed by atoms with Crippen LogP contribution in [0.3, 0.4) is 0 Å². The minimum absolute atomic E-state index is 0.0414. The van der Waals surface area contributed by atoms with E-state index in [1.165, 1.54) is 18.3 Å². The predicted molar refractivity (Wildman–Crippen MR) is 116 cm³/mol. The van der Waals surface area contributed by atoms with E-state index in [0.29, 0.717) is 22.6 Å². The van der Waals surface area contributed by atoms with Crippen molar-refractivity contribution in [1.29, 1.82) is 0 Å². The number of anilines is 2. The van der Waals surface area contributed by atoms with Crippen molar-refractivity contribution in [3.05, 3.63) is 66.9 Å². The summed E-state index contributed by atoms with van der Waals surface area (Å²) in [5, 5.41) is 16.3. The van der Waals surface area contributed by atoms with Crippen molar-refractivity contribution in [1.82, 2.24) is 19.3 Å². The third-order valence-corrected chi connectivity index (χ3v) is 5.89. The van der Waals surface area contributed by atoms with Gasteiger partial charge in [0.2, 0.25) is 10.0 Å². The van der Waals surface area contributed by atoms with Gasteiger partial charge < -0.3 is 10.4 Å². The molecule has 0 aliphatic carbocycles. The summed E-state index contributed by atoms with van der Waals surface area (Å²) < 4.78 is 28.2. The molecule has 2 radical (unpaired) electrons. The molecule has 0 atom stereocenters. The molecule has 2 aromatic carbocycles. The van der Waals surface area contributed by atoms with Crippen LogP contribution >= 0.6 is 0 Å². The Morgan fingerprint density at radius 2 is 1.80 bits per heavy atom. The summed E-state index contributed by atoms with van der Waals surface area (Å²) in [6.07, 6.45) is 1.53.